The number of rotatable bonds is 8. The SMILES string of the molecule is COC(=O)CCCNC(=O)c1cccc(S(=O)(=O)Nc2ccccc2Cl)c1. The highest BCUT2D eigenvalue weighted by molar-refractivity contribution is 7.92. The number of hydrogen-bond acceptors (Lipinski definition) is 5. The van der Waals surface area contributed by atoms with Crippen LogP contribution in [0.5, 0.6) is 0 Å². The lowest BCUT2D eigenvalue weighted by molar-refractivity contribution is -0.140. The largest absolute Gasteiger partial charge is 0.469 e. The average molecular weight is 411 g/mol. The summed E-state index contributed by atoms with van der Waals surface area (Å²) in [6.07, 6.45) is 0.609. The number of amides is 1. The van der Waals surface area contributed by atoms with Gasteiger partial charge in [0.05, 0.1) is 22.7 Å². The van der Waals surface area contributed by atoms with Crippen molar-refractivity contribution >= 4 is 39.2 Å². The van der Waals surface area contributed by atoms with Crippen molar-refractivity contribution in [2.45, 2.75) is 17.7 Å². The van der Waals surface area contributed by atoms with Crippen molar-refractivity contribution in [3.8, 4) is 0 Å². The quantitative estimate of drug-likeness (QED) is 0.514. The number of halogens is 1. The standard InChI is InChI=1S/C18H19ClN2O5S/c1-26-17(22)10-5-11-20-18(23)13-6-4-7-14(12-13)27(24,25)21-16-9-3-2-8-15(16)19/h2-4,6-9,12,21H,5,10-11H2,1H3,(H,20,23). The third-order valence-electron chi connectivity index (χ3n) is 3.60. The van der Waals surface area contributed by atoms with E-state index in [-0.39, 0.29) is 40.1 Å². The molecule has 0 aromatic heterocycles. The van der Waals surface area contributed by atoms with E-state index >= 15 is 0 Å². The first-order valence-corrected chi connectivity index (χ1v) is 9.92. The molecule has 2 aromatic carbocycles. The van der Waals surface area contributed by atoms with Crippen LogP contribution in [-0.2, 0) is 19.6 Å². The molecule has 2 rings (SSSR count). The summed E-state index contributed by atoms with van der Waals surface area (Å²) in [5.41, 5.74) is 0.437. The number of sulfonamides is 1. The second-order valence-electron chi connectivity index (χ2n) is 5.55. The molecule has 0 spiro atoms. The van der Waals surface area contributed by atoms with Crippen molar-refractivity contribution in [3.05, 3.63) is 59.1 Å². The average Bonchev–Trinajstić information content (AvgIpc) is 2.66. The van der Waals surface area contributed by atoms with E-state index in [1.54, 1.807) is 18.2 Å². The lowest BCUT2D eigenvalue weighted by Crippen LogP contribution is -2.25. The van der Waals surface area contributed by atoms with Gasteiger partial charge in [-0.3, -0.25) is 14.3 Å². The van der Waals surface area contributed by atoms with Crippen LogP contribution in [0.2, 0.25) is 5.02 Å². The van der Waals surface area contributed by atoms with Gasteiger partial charge in [0, 0.05) is 18.5 Å². The molecule has 0 bridgehead atoms. The molecular weight excluding hydrogens is 392 g/mol. The summed E-state index contributed by atoms with van der Waals surface area (Å²) in [5.74, 6) is -0.794. The van der Waals surface area contributed by atoms with Gasteiger partial charge >= 0.3 is 5.97 Å². The molecule has 0 fully saturated rings. The predicted molar refractivity (Wildman–Crippen MR) is 102 cm³/mol. The minimum atomic E-state index is -3.91. The third kappa shape index (κ3) is 5.97. The minimum Gasteiger partial charge on any atom is -0.469 e. The number of benzene rings is 2. The second-order valence-corrected chi connectivity index (χ2v) is 7.64. The number of anilines is 1. The summed E-state index contributed by atoms with van der Waals surface area (Å²) in [6.45, 7) is 0.267. The van der Waals surface area contributed by atoms with E-state index < -0.39 is 15.9 Å². The van der Waals surface area contributed by atoms with Crippen LogP contribution in [0.4, 0.5) is 5.69 Å². The van der Waals surface area contributed by atoms with Crippen LogP contribution in [0, 0.1) is 0 Å². The van der Waals surface area contributed by atoms with Crippen molar-refractivity contribution in [2.75, 3.05) is 18.4 Å². The maximum atomic E-state index is 12.5. The highest BCUT2D eigenvalue weighted by Gasteiger charge is 2.17. The first-order valence-electron chi connectivity index (χ1n) is 8.06. The molecular formula is C18H19ClN2O5S. The molecule has 1 amide bonds. The third-order valence-corrected chi connectivity index (χ3v) is 5.29. The van der Waals surface area contributed by atoms with E-state index in [9.17, 15) is 18.0 Å². The molecule has 0 heterocycles. The van der Waals surface area contributed by atoms with Crippen molar-refractivity contribution < 1.29 is 22.7 Å². The van der Waals surface area contributed by atoms with Gasteiger partial charge in [0.15, 0.2) is 0 Å². The summed E-state index contributed by atoms with van der Waals surface area (Å²) in [7, 11) is -2.61. The van der Waals surface area contributed by atoms with E-state index in [1.807, 2.05) is 0 Å². The van der Waals surface area contributed by atoms with Crippen molar-refractivity contribution in [1.82, 2.24) is 5.32 Å². The van der Waals surface area contributed by atoms with Crippen LogP contribution in [0.25, 0.3) is 0 Å². The van der Waals surface area contributed by atoms with Crippen molar-refractivity contribution in [2.24, 2.45) is 0 Å². The van der Waals surface area contributed by atoms with Crippen LogP contribution in [0.15, 0.2) is 53.4 Å². The smallest absolute Gasteiger partial charge is 0.305 e. The van der Waals surface area contributed by atoms with E-state index in [4.69, 9.17) is 11.6 Å². The fourth-order valence-corrected chi connectivity index (χ4v) is 3.56. The number of para-hydroxylation sites is 1. The van der Waals surface area contributed by atoms with Crippen molar-refractivity contribution in [1.29, 1.82) is 0 Å². The Labute approximate surface area is 162 Å². The predicted octanol–water partition coefficient (Wildman–Crippen LogP) is 2.82. The fourth-order valence-electron chi connectivity index (χ4n) is 2.19. The molecule has 9 heteroatoms. The molecule has 7 nitrogen and oxygen atoms in total. The Bertz CT molecular complexity index is 931. The van der Waals surface area contributed by atoms with Gasteiger partial charge < -0.3 is 10.1 Å². The summed E-state index contributed by atoms with van der Waals surface area (Å²) in [6, 6.07) is 12.1. The van der Waals surface area contributed by atoms with Gasteiger partial charge in [-0.15, -0.1) is 0 Å². The van der Waals surface area contributed by atoms with E-state index in [1.165, 1.54) is 37.4 Å². The molecule has 144 valence electrons. The van der Waals surface area contributed by atoms with Gasteiger partial charge in [-0.2, -0.15) is 0 Å². The summed E-state index contributed by atoms with van der Waals surface area (Å²) >= 11 is 5.98. The van der Waals surface area contributed by atoms with Crippen molar-refractivity contribution in [3.63, 3.8) is 0 Å². The second kappa shape index (κ2) is 9.38. The topological polar surface area (TPSA) is 102 Å². The number of ether oxygens (including phenoxy) is 1. The number of methoxy groups -OCH3 is 1. The Hall–Kier alpha value is -2.58. The van der Waals surface area contributed by atoms with Gasteiger partial charge in [0.1, 0.15) is 0 Å². The molecule has 0 atom stereocenters. The maximum Gasteiger partial charge on any atom is 0.305 e. The van der Waals surface area contributed by atoms with Gasteiger partial charge in [0.2, 0.25) is 0 Å². The Morgan fingerprint density at radius 2 is 1.85 bits per heavy atom. The Kier molecular flexibility index (Phi) is 7.20. The first kappa shape index (κ1) is 20.7. The number of hydrogen-bond donors (Lipinski definition) is 2. The minimum absolute atomic E-state index is 0.0652. The lowest BCUT2D eigenvalue weighted by atomic mass is 10.2. The lowest BCUT2D eigenvalue weighted by Gasteiger charge is -2.11. The molecule has 0 aliphatic rings. The normalized spacial score (nSPS) is 10.9. The molecule has 0 unspecified atom stereocenters. The van der Waals surface area contributed by atoms with Gasteiger partial charge in [-0.1, -0.05) is 29.8 Å². The van der Waals surface area contributed by atoms with Gasteiger partial charge in [0.25, 0.3) is 15.9 Å². The maximum absolute atomic E-state index is 12.5. The van der Waals surface area contributed by atoms with E-state index in [2.05, 4.69) is 14.8 Å². The van der Waals surface area contributed by atoms with Crippen LogP contribution in [-0.4, -0.2) is 33.9 Å². The van der Waals surface area contributed by atoms with Crippen LogP contribution >= 0.6 is 11.6 Å². The van der Waals surface area contributed by atoms with Crippen LogP contribution in [0.3, 0.4) is 0 Å². The van der Waals surface area contributed by atoms with Crippen LogP contribution in [0.1, 0.15) is 23.2 Å². The molecule has 2 N–H and O–H groups in total. The Morgan fingerprint density at radius 3 is 2.56 bits per heavy atom. The molecule has 0 aliphatic carbocycles. The zero-order valence-corrected chi connectivity index (χ0v) is 16.1. The molecule has 0 radical (unpaired) electrons. The van der Waals surface area contributed by atoms with Crippen LogP contribution < -0.4 is 10.0 Å². The molecule has 0 saturated heterocycles. The molecule has 27 heavy (non-hydrogen) atoms. The molecule has 2 aromatic rings. The molecule has 0 aliphatic heterocycles. The summed E-state index contributed by atoms with van der Waals surface area (Å²) in [5, 5.41) is 2.90. The summed E-state index contributed by atoms with van der Waals surface area (Å²) < 4.78 is 32.0. The first-order chi connectivity index (χ1) is 12.8. The zero-order valence-electron chi connectivity index (χ0n) is 14.6. The van der Waals surface area contributed by atoms with E-state index in [0.29, 0.717) is 6.42 Å². The van der Waals surface area contributed by atoms with Gasteiger partial charge in [-0.05, 0) is 36.8 Å². The zero-order chi connectivity index (χ0) is 19.9. The number of carbonyl (C=O) groups excluding carboxylic acids is 2. The fraction of sp³-hybridized carbons (Fsp3) is 0.222. The monoisotopic (exact) mass is 410 g/mol. The van der Waals surface area contributed by atoms with E-state index in [0.717, 1.165) is 0 Å². The molecule has 0 saturated carbocycles. The van der Waals surface area contributed by atoms with Gasteiger partial charge in [-0.25, -0.2) is 8.42 Å². The highest BCUT2D eigenvalue weighted by Crippen LogP contribution is 2.24. The Balaban J connectivity index is 2.06. The number of carbonyl (C=O) groups is 2. The highest BCUT2D eigenvalue weighted by atomic mass is 35.5. The number of nitrogens with one attached hydrogen (secondary N) is 2. The number of esters is 1. The summed E-state index contributed by atoms with van der Waals surface area (Å²) in [4.78, 5) is 23.2. The Morgan fingerprint density at radius 1 is 1.11 bits per heavy atom.